The number of aliphatic hydroxyl groups is 1. The quantitative estimate of drug-likeness (QED) is 0.317. The number of hydrogen-bond acceptors (Lipinski definition) is 4. The number of guanidine groups is 1. The summed E-state index contributed by atoms with van der Waals surface area (Å²) in [5.74, 6) is 0.199. The van der Waals surface area contributed by atoms with Gasteiger partial charge in [0.1, 0.15) is 15.7 Å². The van der Waals surface area contributed by atoms with Gasteiger partial charge in [0, 0.05) is 31.5 Å². The molecule has 0 aliphatic carbocycles. The summed E-state index contributed by atoms with van der Waals surface area (Å²) in [6, 6.07) is 4.47. The van der Waals surface area contributed by atoms with Gasteiger partial charge in [-0.3, -0.25) is 4.99 Å². The molecule has 0 radical (unpaired) electrons. The van der Waals surface area contributed by atoms with E-state index in [0.717, 1.165) is 5.56 Å². The second-order valence-corrected chi connectivity index (χ2v) is 7.73. The Hall–Kier alpha value is -0.940. The minimum Gasteiger partial charge on any atom is -0.392 e. The number of nitrogens with one attached hydrogen (secondary N) is 2. The number of aliphatic imine (C=N–C) groups is 1. The van der Waals surface area contributed by atoms with Crippen LogP contribution in [0.1, 0.15) is 24.5 Å². The van der Waals surface area contributed by atoms with E-state index in [-0.39, 0.29) is 47.9 Å². The second kappa shape index (κ2) is 10.8. The summed E-state index contributed by atoms with van der Waals surface area (Å²) in [4.78, 5) is 4.07. The lowest BCUT2D eigenvalue weighted by Crippen LogP contribution is -2.42. The Balaban J connectivity index is 0.00000529. The van der Waals surface area contributed by atoms with Gasteiger partial charge >= 0.3 is 0 Å². The lowest BCUT2D eigenvalue weighted by molar-refractivity contribution is 0.275. The van der Waals surface area contributed by atoms with Crippen molar-refractivity contribution in [1.29, 1.82) is 0 Å². The minimum atomic E-state index is -2.99. The molecule has 0 aliphatic heterocycles. The molecule has 0 fully saturated rings. The first kappa shape index (κ1) is 23.1. The molecule has 3 N–H and O–H groups in total. The van der Waals surface area contributed by atoms with Gasteiger partial charge in [-0.2, -0.15) is 0 Å². The van der Waals surface area contributed by atoms with Crippen molar-refractivity contribution in [3.63, 3.8) is 0 Å². The number of aliphatic hydroxyl groups excluding tert-OH is 1. The van der Waals surface area contributed by atoms with Crippen LogP contribution < -0.4 is 10.6 Å². The molecule has 0 aliphatic rings. The summed E-state index contributed by atoms with van der Waals surface area (Å²) >= 11 is 0. The number of sulfone groups is 1. The molecule has 0 spiro atoms. The summed E-state index contributed by atoms with van der Waals surface area (Å²) < 4.78 is 35.7. The Morgan fingerprint density at radius 3 is 2.62 bits per heavy atom. The fourth-order valence-electron chi connectivity index (χ4n) is 1.94. The molecule has 0 aromatic heterocycles. The molecule has 138 valence electrons. The maximum Gasteiger partial charge on any atom is 0.191 e. The Morgan fingerprint density at radius 2 is 2.08 bits per heavy atom. The van der Waals surface area contributed by atoms with E-state index in [1.165, 1.54) is 12.3 Å². The lowest BCUT2D eigenvalue weighted by Gasteiger charge is -2.17. The normalized spacial score (nSPS) is 13.1. The van der Waals surface area contributed by atoms with Crippen LogP contribution in [0.2, 0.25) is 0 Å². The van der Waals surface area contributed by atoms with E-state index in [2.05, 4.69) is 15.6 Å². The highest BCUT2D eigenvalue weighted by Crippen LogP contribution is 2.10. The second-order valence-electron chi connectivity index (χ2n) is 5.47. The maximum absolute atomic E-state index is 13.3. The van der Waals surface area contributed by atoms with Gasteiger partial charge in [0.15, 0.2) is 5.96 Å². The third kappa shape index (κ3) is 8.78. The maximum atomic E-state index is 13.3. The van der Waals surface area contributed by atoms with Gasteiger partial charge in [0.25, 0.3) is 0 Å². The van der Waals surface area contributed by atoms with Crippen molar-refractivity contribution in [1.82, 2.24) is 10.6 Å². The van der Waals surface area contributed by atoms with Crippen LogP contribution >= 0.6 is 24.0 Å². The van der Waals surface area contributed by atoms with Crippen LogP contribution in [0, 0.1) is 5.82 Å². The molecular weight excluding hydrogens is 448 g/mol. The average molecular weight is 473 g/mol. The fraction of sp³-hybridized carbons (Fsp3) is 0.533. The van der Waals surface area contributed by atoms with Crippen molar-refractivity contribution < 1.29 is 17.9 Å². The zero-order valence-electron chi connectivity index (χ0n) is 14.0. The van der Waals surface area contributed by atoms with E-state index in [1.807, 2.05) is 6.92 Å². The van der Waals surface area contributed by atoms with Gasteiger partial charge < -0.3 is 15.7 Å². The zero-order chi connectivity index (χ0) is 17.5. The molecule has 6 nitrogen and oxygen atoms in total. The van der Waals surface area contributed by atoms with Gasteiger partial charge in [0.2, 0.25) is 0 Å². The Morgan fingerprint density at radius 1 is 1.42 bits per heavy atom. The molecule has 0 bridgehead atoms. The number of halogens is 2. The molecule has 0 amide bonds. The minimum absolute atomic E-state index is 0. The lowest BCUT2D eigenvalue weighted by atomic mass is 10.1. The Bertz CT molecular complexity index is 653. The van der Waals surface area contributed by atoms with Gasteiger partial charge in [-0.05, 0) is 31.0 Å². The summed E-state index contributed by atoms with van der Waals surface area (Å²) in [6.07, 6.45) is 1.69. The SMILES string of the molecule is CN=C(NCc1ccc(F)c(CO)c1)NC(C)CCS(C)(=O)=O.I. The van der Waals surface area contributed by atoms with E-state index in [9.17, 15) is 12.8 Å². The van der Waals surface area contributed by atoms with Crippen molar-refractivity contribution in [3.05, 3.63) is 35.1 Å². The largest absolute Gasteiger partial charge is 0.392 e. The van der Waals surface area contributed by atoms with E-state index < -0.39 is 15.7 Å². The van der Waals surface area contributed by atoms with E-state index in [1.54, 1.807) is 19.2 Å². The molecule has 0 saturated heterocycles. The summed E-state index contributed by atoms with van der Waals surface area (Å²) in [6.45, 7) is 1.93. The van der Waals surface area contributed by atoms with Crippen LogP contribution in [0.4, 0.5) is 4.39 Å². The fourth-order valence-corrected chi connectivity index (χ4v) is 2.72. The van der Waals surface area contributed by atoms with Crippen LogP contribution in [0.15, 0.2) is 23.2 Å². The van der Waals surface area contributed by atoms with Crippen molar-refractivity contribution in [2.45, 2.75) is 32.5 Å². The molecule has 0 heterocycles. The van der Waals surface area contributed by atoms with Gasteiger partial charge in [0.05, 0.1) is 12.4 Å². The van der Waals surface area contributed by atoms with E-state index in [4.69, 9.17) is 5.11 Å². The smallest absolute Gasteiger partial charge is 0.191 e. The topological polar surface area (TPSA) is 90.8 Å². The van der Waals surface area contributed by atoms with Gasteiger partial charge in [-0.25, -0.2) is 12.8 Å². The third-order valence-electron chi connectivity index (χ3n) is 3.27. The number of hydrogen-bond donors (Lipinski definition) is 3. The monoisotopic (exact) mass is 473 g/mol. The van der Waals surface area contributed by atoms with Crippen LogP contribution in [0.25, 0.3) is 0 Å². The molecule has 1 aromatic rings. The van der Waals surface area contributed by atoms with Crippen molar-refractivity contribution in [2.75, 3.05) is 19.1 Å². The molecular formula is C15H25FIN3O3S. The average Bonchev–Trinajstić information content (AvgIpc) is 2.50. The van der Waals surface area contributed by atoms with Crippen LogP contribution in [0.3, 0.4) is 0 Å². The van der Waals surface area contributed by atoms with Crippen molar-refractivity contribution in [2.24, 2.45) is 4.99 Å². The van der Waals surface area contributed by atoms with Crippen molar-refractivity contribution in [3.8, 4) is 0 Å². The Labute approximate surface area is 159 Å². The predicted molar refractivity (Wildman–Crippen MR) is 105 cm³/mol. The summed E-state index contributed by atoms with van der Waals surface area (Å²) in [7, 11) is -1.37. The van der Waals surface area contributed by atoms with Crippen LogP contribution in [0.5, 0.6) is 0 Å². The highest BCUT2D eigenvalue weighted by atomic mass is 127. The van der Waals surface area contributed by atoms with Gasteiger partial charge in [-0.1, -0.05) is 6.07 Å². The third-order valence-corrected chi connectivity index (χ3v) is 4.25. The van der Waals surface area contributed by atoms with Crippen molar-refractivity contribution >= 4 is 39.8 Å². The summed E-state index contributed by atoms with van der Waals surface area (Å²) in [5, 5.41) is 15.2. The first-order chi connectivity index (χ1) is 10.7. The standard InChI is InChI=1S/C15H24FN3O3S.HI/c1-11(6-7-23(3,21)22)19-15(17-2)18-9-12-4-5-14(16)13(8-12)10-20;/h4-5,8,11,20H,6-7,9-10H2,1-3H3,(H2,17,18,19);1H. The van der Waals surface area contributed by atoms with E-state index >= 15 is 0 Å². The van der Waals surface area contributed by atoms with Crippen LogP contribution in [-0.2, 0) is 23.0 Å². The molecule has 1 unspecified atom stereocenters. The molecule has 0 saturated carbocycles. The highest BCUT2D eigenvalue weighted by Gasteiger charge is 2.10. The summed E-state index contributed by atoms with van der Waals surface area (Å²) in [5.41, 5.74) is 1.05. The molecule has 1 aromatic carbocycles. The molecule has 1 atom stereocenters. The number of nitrogens with zero attached hydrogens (tertiary/aromatic N) is 1. The van der Waals surface area contributed by atoms with E-state index in [0.29, 0.717) is 18.9 Å². The predicted octanol–water partition coefficient (Wildman–Crippen LogP) is 1.42. The molecule has 24 heavy (non-hydrogen) atoms. The first-order valence-corrected chi connectivity index (χ1v) is 9.34. The molecule has 1 rings (SSSR count). The van der Waals surface area contributed by atoms with Crippen LogP contribution in [-0.4, -0.2) is 44.6 Å². The highest BCUT2D eigenvalue weighted by molar-refractivity contribution is 14.0. The Kier molecular flexibility index (Phi) is 10.4. The zero-order valence-corrected chi connectivity index (χ0v) is 17.2. The first-order valence-electron chi connectivity index (χ1n) is 7.28. The molecule has 9 heteroatoms. The number of benzene rings is 1. The number of rotatable bonds is 7. The van der Waals surface area contributed by atoms with Gasteiger partial charge in [-0.15, -0.1) is 24.0 Å².